The number of carbonyl (C=O) groups excluding carboxylic acids is 1. The number of unbranched alkanes of at least 4 members (excludes halogenated alkanes) is 2. The monoisotopic (exact) mass is 260 g/mol. The number of carbonyl (C=O) groups is 1. The Morgan fingerprint density at radius 2 is 2.06 bits per heavy atom. The van der Waals surface area contributed by atoms with Crippen molar-refractivity contribution in [2.75, 3.05) is 13.7 Å². The van der Waals surface area contributed by atoms with Gasteiger partial charge in [-0.1, -0.05) is 26.3 Å². The van der Waals surface area contributed by atoms with Crippen LogP contribution in [0.3, 0.4) is 0 Å². The molecule has 1 unspecified atom stereocenters. The van der Waals surface area contributed by atoms with Gasteiger partial charge in [0.2, 0.25) is 0 Å². The molecule has 0 aromatic carbocycles. The molecular weight excluding hydrogens is 242 g/mol. The fourth-order valence-corrected chi connectivity index (χ4v) is 1.67. The summed E-state index contributed by atoms with van der Waals surface area (Å²) < 4.78 is 25.5. The third kappa shape index (κ3) is 8.50. The summed E-state index contributed by atoms with van der Waals surface area (Å²) in [5.74, 6) is -0.823. The van der Waals surface area contributed by atoms with Crippen molar-refractivity contribution in [3.8, 4) is 0 Å². The van der Waals surface area contributed by atoms with E-state index in [0.29, 0.717) is 0 Å². The molecule has 0 saturated heterocycles. The average molecular weight is 260 g/mol. The molecule has 0 radical (unpaired) electrons. The van der Waals surface area contributed by atoms with Crippen molar-refractivity contribution >= 4 is 43.3 Å². The Morgan fingerprint density at radius 1 is 1.44 bits per heavy atom. The summed E-state index contributed by atoms with van der Waals surface area (Å²) in [4.78, 5) is 10.8. The molecule has 5 nitrogen and oxygen atoms in total. The van der Waals surface area contributed by atoms with Crippen LogP contribution in [0, 0.1) is 0 Å². The molecule has 0 aromatic rings. The van der Waals surface area contributed by atoms with Gasteiger partial charge in [0.15, 0.2) is 0 Å². The van der Waals surface area contributed by atoms with Crippen LogP contribution >= 0.6 is 7.82 Å². The first-order valence-corrected chi connectivity index (χ1v) is 6.20. The summed E-state index contributed by atoms with van der Waals surface area (Å²) in [7, 11) is -2.57. The van der Waals surface area contributed by atoms with E-state index in [2.05, 4.69) is 15.6 Å². The van der Waals surface area contributed by atoms with Crippen molar-refractivity contribution in [3.63, 3.8) is 0 Å². The van der Waals surface area contributed by atoms with E-state index in [1.54, 1.807) is 0 Å². The molecule has 0 heterocycles. The Kier molecular flexibility index (Phi) is 12.3. The van der Waals surface area contributed by atoms with Gasteiger partial charge >= 0.3 is 43.3 Å². The molecule has 7 heteroatoms. The zero-order valence-electron chi connectivity index (χ0n) is 9.10. The molecule has 0 amide bonds. The van der Waals surface area contributed by atoms with E-state index in [1.165, 1.54) is 0 Å². The van der Waals surface area contributed by atoms with E-state index in [9.17, 15) is 9.36 Å². The number of hydrogen-bond donors (Lipinski definition) is 0. The number of phosphoric acid groups is 1. The maximum atomic E-state index is 11.6. The second-order valence-electron chi connectivity index (χ2n) is 2.78. The zero-order valence-corrected chi connectivity index (χ0v) is 10.00. The Morgan fingerprint density at radius 3 is 2.50 bits per heavy atom. The average Bonchev–Trinajstić information content (AvgIpc) is 2.24. The first-order chi connectivity index (χ1) is 7.08. The maximum absolute atomic E-state index is 11.6. The van der Waals surface area contributed by atoms with E-state index in [0.717, 1.165) is 32.4 Å². The van der Waals surface area contributed by atoms with Crippen molar-refractivity contribution in [3.05, 3.63) is 12.7 Å². The van der Waals surface area contributed by atoms with Crippen LogP contribution in [-0.2, 0) is 22.9 Å². The summed E-state index contributed by atoms with van der Waals surface area (Å²) in [5, 5.41) is 0. The van der Waals surface area contributed by atoms with E-state index in [-0.39, 0.29) is 36.2 Å². The molecule has 0 fully saturated rings. The molecular formula is C9H18NaO5P. The fourth-order valence-electron chi connectivity index (χ4n) is 0.792. The summed E-state index contributed by atoms with van der Waals surface area (Å²) in [6.07, 6.45) is 3.63. The minimum absolute atomic E-state index is 0. The summed E-state index contributed by atoms with van der Waals surface area (Å²) in [5.41, 5.74) is 0. The van der Waals surface area contributed by atoms with Crippen LogP contribution in [0.25, 0.3) is 0 Å². The fraction of sp³-hybridized carbons (Fsp3) is 0.667. The Bertz CT molecular complexity index is 256. The van der Waals surface area contributed by atoms with E-state index in [1.807, 2.05) is 6.92 Å². The summed E-state index contributed by atoms with van der Waals surface area (Å²) in [6.45, 7) is 5.46. The van der Waals surface area contributed by atoms with Crippen LogP contribution in [0.2, 0.25) is 0 Å². The Balaban J connectivity index is 0. The molecule has 90 valence electrons. The molecule has 0 aliphatic heterocycles. The SMILES string of the molecule is C=CC(=O)OP(=O)(OC)OCCCCC.[NaH]. The van der Waals surface area contributed by atoms with E-state index in [4.69, 9.17) is 4.52 Å². The van der Waals surface area contributed by atoms with Gasteiger partial charge in [0, 0.05) is 13.2 Å². The van der Waals surface area contributed by atoms with E-state index >= 15 is 0 Å². The van der Waals surface area contributed by atoms with Gasteiger partial charge in [0.25, 0.3) is 0 Å². The van der Waals surface area contributed by atoms with Crippen molar-refractivity contribution in [1.82, 2.24) is 0 Å². The zero-order chi connectivity index (χ0) is 11.7. The van der Waals surface area contributed by atoms with Gasteiger partial charge in [-0.15, -0.1) is 0 Å². The van der Waals surface area contributed by atoms with Crippen molar-refractivity contribution in [1.29, 1.82) is 0 Å². The normalized spacial score (nSPS) is 13.4. The molecule has 0 aromatic heterocycles. The number of rotatable bonds is 8. The van der Waals surface area contributed by atoms with Gasteiger partial charge in [-0.2, -0.15) is 0 Å². The van der Waals surface area contributed by atoms with Gasteiger partial charge in [-0.05, 0) is 6.42 Å². The number of hydrogen-bond acceptors (Lipinski definition) is 5. The topological polar surface area (TPSA) is 61.8 Å². The minimum atomic E-state index is -3.73. The van der Waals surface area contributed by atoms with Crippen LogP contribution in [-0.4, -0.2) is 49.2 Å². The van der Waals surface area contributed by atoms with E-state index < -0.39 is 13.8 Å². The summed E-state index contributed by atoms with van der Waals surface area (Å²) >= 11 is 0. The predicted octanol–water partition coefficient (Wildman–Crippen LogP) is 2.03. The van der Waals surface area contributed by atoms with Gasteiger partial charge in [0.05, 0.1) is 6.61 Å². The van der Waals surface area contributed by atoms with Gasteiger partial charge in [-0.25, -0.2) is 9.36 Å². The van der Waals surface area contributed by atoms with Crippen molar-refractivity contribution in [2.24, 2.45) is 0 Å². The van der Waals surface area contributed by atoms with Crippen LogP contribution in [0.5, 0.6) is 0 Å². The first kappa shape index (κ1) is 18.7. The van der Waals surface area contributed by atoms with Gasteiger partial charge < -0.3 is 4.52 Å². The molecule has 1 atom stereocenters. The second-order valence-corrected chi connectivity index (χ2v) is 4.48. The van der Waals surface area contributed by atoms with Crippen LogP contribution in [0.4, 0.5) is 0 Å². The van der Waals surface area contributed by atoms with Crippen LogP contribution in [0.1, 0.15) is 26.2 Å². The molecule has 0 rings (SSSR count). The molecule has 0 N–H and O–H groups in total. The van der Waals surface area contributed by atoms with Crippen molar-refractivity contribution < 1.29 is 22.9 Å². The Labute approximate surface area is 118 Å². The van der Waals surface area contributed by atoms with Crippen molar-refractivity contribution in [2.45, 2.75) is 26.2 Å². The molecule has 0 spiro atoms. The number of phosphoric ester groups is 1. The third-order valence-electron chi connectivity index (χ3n) is 1.59. The molecule has 0 aliphatic carbocycles. The van der Waals surface area contributed by atoms with Gasteiger partial charge in [-0.3, -0.25) is 9.05 Å². The molecule has 0 saturated carbocycles. The summed E-state index contributed by atoms with van der Waals surface area (Å²) in [6, 6.07) is 0. The second kappa shape index (κ2) is 10.5. The van der Waals surface area contributed by atoms with Crippen LogP contribution in [0.15, 0.2) is 12.7 Å². The van der Waals surface area contributed by atoms with Crippen LogP contribution < -0.4 is 0 Å². The first-order valence-electron chi connectivity index (χ1n) is 4.74. The predicted molar refractivity (Wildman–Crippen MR) is 63.5 cm³/mol. The molecule has 16 heavy (non-hydrogen) atoms. The quantitative estimate of drug-likeness (QED) is 0.289. The molecule has 0 bridgehead atoms. The third-order valence-corrected chi connectivity index (χ3v) is 2.94. The molecule has 0 aliphatic rings. The van der Waals surface area contributed by atoms with Gasteiger partial charge in [0.1, 0.15) is 0 Å². The standard InChI is InChI=1S/C9H17O5P.Na.H/c1-4-6-7-8-13-15(11,12-3)14-9(10)5-2;;/h5H,2,4,6-8H2,1,3H3;;. The Hall–Kier alpha value is 0.360.